The molecule has 0 aliphatic heterocycles. The Kier molecular flexibility index (Phi) is 6.00. The molecule has 4 nitrogen and oxygen atoms in total. The van der Waals surface area contributed by atoms with Crippen LogP contribution >= 0.6 is 47.8 Å². The van der Waals surface area contributed by atoms with Crippen molar-refractivity contribution in [2.45, 2.75) is 0 Å². The van der Waals surface area contributed by atoms with E-state index in [-0.39, 0.29) is 6.61 Å². The van der Waals surface area contributed by atoms with E-state index in [1.807, 2.05) is 18.2 Å². The second kappa shape index (κ2) is 7.77. The molecule has 22 heavy (non-hydrogen) atoms. The first kappa shape index (κ1) is 17.0. The van der Waals surface area contributed by atoms with E-state index in [0.717, 1.165) is 4.47 Å². The molecule has 0 radical (unpaired) electrons. The molecule has 0 atom stereocenters. The minimum absolute atomic E-state index is 0.222. The highest BCUT2D eigenvalue weighted by Crippen LogP contribution is 2.34. The number of esters is 1. The van der Waals surface area contributed by atoms with Gasteiger partial charge in [-0.15, -0.1) is 0 Å². The van der Waals surface area contributed by atoms with Gasteiger partial charge in [0.15, 0.2) is 12.4 Å². The van der Waals surface area contributed by atoms with Crippen LogP contribution in [0.3, 0.4) is 0 Å². The summed E-state index contributed by atoms with van der Waals surface area (Å²) < 4.78 is 12.5. The fraction of sp³-hybridized carbons (Fsp3) is 0.0667. The van der Waals surface area contributed by atoms with Crippen LogP contribution in [0.4, 0.5) is 0 Å². The van der Waals surface area contributed by atoms with Crippen molar-refractivity contribution in [2.75, 3.05) is 6.61 Å². The number of hydrogen-bond acceptors (Lipinski definition) is 4. The van der Waals surface area contributed by atoms with Crippen LogP contribution in [-0.2, 0) is 4.79 Å². The molecule has 0 fully saturated rings. The summed E-state index contributed by atoms with van der Waals surface area (Å²) in [6.45, 7) is -0.222. The average molecular weight is 490 g/mol. The van der Waals surface area contributed by atoms with Crippen molar-refractivity contribution in [3.05, 3.63) is 55.4 Å². The highest BCUT2D eigenvalue weighted by atomic mass is 79.9. The Morgan fingerprint density at radius 1 is 1.09 bits per heavy atom. The first-order valence-corrected chi connectivity index (χ1v) is 8.35. The fourth-order valence-electron chi connectivity index (χ4n) is 1.54. The third kappa shape index (κ3) is 4.57. The van der Waals surface area contributed by atoms with Gasteiger partial charge in [-0.2, -0.15) is 5.26 Å². The molecule has 112 valence electrons. The molecule has 0 saturated heterocycles. The fourth-order valence-corrected chi connectivity index (χ4v) is 3.15. The molecule has 0 N–H and O–H groups in total. The van der Waals surface area contributed by atoms with E-state index in [1.54, 1.807) is 24.3 Å². The number of carbonyl (C=O) groups is 1. The SMILES string of the molecule is N#Cc1cc(Br)c(OC(=O)COc2ccc(Br)cc2)c(Br)c1. The predicted octanol–water partition coefficient (Wildman–Crippen LogP) is 4.83. The molecular formula is C15H8Br3NO3. The highest BCUT2D eigenvalue weighted by Gasteiger charge is 2.14. The second-order valence-electron chi connectivity index (χ2n) is 4.10. The maximum absolute atomic E-state index is 11.8. The zero-order chi connectivity index (χ0) is 16.1. The van der Waals surface area contributed by atoms with E-state index in [2.05, 4.69) is 47.8 Å². The van der Waals surface area contributed by atoms with Crippen LogP contribution in [0.15, 0.2) is 49.8 Å². The monoisotopic (exact) mass is 487 g/mol. The molecule has 0 unspecified atom stereocenters. The molecular weight excluding hydrogens is 482 g/mol. The average Bonchev–Trinajstić information content (AvgIpc) is 2.50. The van der Waals surface area contributed by atoms with E-state index in [4.69, 9.17) is 14.7 Å². The van der Waals surface area contributed by atoms with Crippen molar-refractivity contribution in [3.63, 3.8) is 0 Å². The second-order valence-corrected chi connectivity index (χ2v) is 6.72. The number of hydrogen-bond donors (Lipinski definition) is 0. The van der Waals surface area contributed by atoms with E-state index in [1.165, 1.54) is 0 Å². The van der Waals surface area contributed by atoms with Crippen LogP contribution in [0, 0.1) is 11.3 Å². The summed E-state index contributed by atoms with van der Waals surface area (Å²) in [7, 11) is 0. The summed E-state index contributed by atoms with van der Waals surface area (Å²) in [4.78, 5) is 11.8. The van der Waals surface area contributed by atoms with Crippen LogP contribution in [0.2, 0.25) is 0 Å². The van der Waals surface area contributed by atoms with Gasteiger partial charge < -0.3 is 9.47 Å². The lowest BCUT2D eigenvalue weighted by molar-refractivity contribution is -0.136. The van der Waals surface area contributed by atoms with Gasteiger partial charge in [0, 0.05) is 4.47 Å². The van der Waals surface area contributed by atoms with Crippen LogP contribution in [0.1, 0.15) is 5.56 Å². The van der Waals surface area contributed by atoms with E-state index < -0.39 is 5.97 Å². The molecule has 2 aromatic carbocycles. The lowest BCUT2D eigenvalue weighted by Crippen LogP contribution is -2.18. The Morgan fingerprint density at radius 3 is 2.23 bits per heavy atom. The third-order valence-corrected chi connectivity index (χ3v) is 4.22. The van der Waals surface area contributed by atoms with Gasteiger partial charge in [-0.1, -0.05) is 15.9 Å². The quantitative estimate of drug-likeness (QED) is 0.456. The Bertz CT molecular complexity index is 716. The standard InChI is InChI=1S/C15H8Br3NO3/c16-10-1-3-11(4-2-10)21-8-14(20)22-15-12(17)5-9(7-19)6-13(15)18/h1-6H,8H2. The lowest BCUT2D eigenvalue weighted by Gasteiger charge is -2.10. The minimum Gasteiger partial charge on any atom is -0.482 e. The summed E-state index contributed by atoms with van der Waals surface area (Å²) >= 11 is 9.85. The Hall–Kier alpha value is -1.36. The number of halogens is 3. The maximum Gasteiger partial charge on any atom is 0.349 e. The number of benzene rings is 2. The van der Waals surface area contributed by atoms with Crippen molar-refractivity contribution in [1.82, 2.24) is 0 Å². The highest BCUT2D eigenvalue weighted by molar-refractivity contribution is 9.11. The first-order chi connectivity index (χ1) is 10.5. The number of rotatable bonds is 4. The van der Waals surface area contributed by atoms with Crippen molar-refractivity contribution < 1.29 is 14.3 Å². The van der Waals surface area contributed by atoms with Gasteiger partial charge in [0.2, 0.25) is 0 Å². The first-order valence-electron chi connectivity index (χ1n) is 5.98. The summed E-state index contributed by atoms with van der Waals surface area (Å²) in [5.41, 5.74) is 0.449. The molecule has 0 aliphatic rings. The van der Waals surface area contributed by atoms with Gasteiger partial charge in [0.1, 0.15) is 5.75 Å². The molecule has 7 heteroatoms. The van der Waals surface area contributed by atoms with Gasteiger partial charge in [0.05, 0.1) is 20.6 Å². The van der Waals surface area contributed by atoms with Gasteiger partial charge in [-0.05, 0) is 68.3 Å². The minimum atomic E-state index is -0.547. The summed E-state index contributed by atoms with van der Waals surface area (Å²) in [6, 6.07) is 12.3. The topological polar surface area (TPSA) is 59.3 Å². The summed E-state index contributed by atoms with van der Waals surface area (Å²) in [5.74, 6) is 0.329. The number of nitrogens with zero attached hydrogens (tertiary/aromatic N) is 1. The van der Waals surface area contributed by atoms with Crippen molar-refractivity contribution in [2.24, 2.45) is 0 Å². The van der Waals surface area contributed by atoms with E-state index in [0.29, 0.717) is 26.0 Å². The van der Waals surface area contributed by atoms with Gasteiger partial charge in [-0.3, -0.25) is 0 Å². The van der Waals surface area contributed by atoms with Crippen molar-refractivity contribution in [3.8, 4) is 17.6 Å². The normalized spacial score (nSPS) is 9.91. The molecule has 0 spiro atoms. The molecule has 0 saturated carbocycles. The van der Waals surface area contributed by atoms with Gasteiger partial charge in [-0.25, -0.2) is 4.79 Å². The number of carbonyl (C=O) groups excluding carboxylic acids is 1. The lowest BCUT2D eigenvalue weighted by atomic mass is 10.2. The number of nitriles is 1. The zero-order valence-electron chi connectivity index (χ0n) is 11.0. The van der Waals surface area contributed by atoms with Crippen LogP contribution in [0.25, 0.3) is 0 Å². The predicted molar refractivity (Wildman–Crippen MR) is 91.8 cm³/mol. The van der Waals surface area contributed by atoms with E-state index >= 15 is 0 Å². The largest absolute Gasteiger partial charge is 0.482 e. The third-order valence-electron chi connectivity index (χ3n) is 2.51. The van der Waals surface area contributed by atoms with Crippen molar-refractivity contribution in [1.29, 1.82) is 5.26 Å². The molecule has 0 bridgehead atoms. The molecule has 0 aliphatic carbocycles. The molecule has 0 heterocycles. The zero-order valence-corrected chi connectivity index (χ0v) is 15.7. The Morgan fingerprint density at radius 2 is 1.68 bits per heavy atom. The van der Waals surface area contributed by atoms with Gasteiger partial charge in [0.25, 0.3) is 0 Å². The molecule has 0 amide bonds. The molecule has 2 rings (SSSR count). The van der Waals surface area contributed by atoms with Crippen molar-refractivity contribution >= 4 is 53.8 Å². The van der Waals surface area contributed by atoms with Crippen LogP contribution < -0.4 is 9.47 Å². The Balaban J connectivity index is 2.00. The maximum atomic E-state index is 11.8. The molecule has 0 aromatic heterocycles. The molecule has 2 aromatic rings. The Labute approximate surface area is 152 Å². The smallest absolute Gasteiger partial charge is 0.349 e. The van der Waals surface area contributed by atoms with E-state index in [9.17, 15) is 4.79 Å². The summed E-state index contributed by atoms with van der Waals surface area (Å²) in [5, 5.41) is 8.87. The van der Waals surface area contributed by atoms with Crippen LogP contribution in [-0.4, -0.2) is 12.6 Å². The number of ether oxygens (including phenoxy) is 2. The van der Waals surface area contributed by atoms with Crippen LogP contribution in [0.5, 0.6) is 11.5 Å². The summed E-state index contributed by atoms with van der Waals surface area (Å²) in [6.07, 6.45) is 0. The van der Waals surface area contributed by atoms with Gasteiger partial charge >= 0.3 is 5.97 Å².